The summed E-state index contributed by atoms with van der Waals surface area (Å²) in [4.78, 5) is 4.25. The van der Waals surface area contributed by atoms with Gasteiger partial charge in [0.1, 0.15) is 12.4 Å². The SMILES string of the molecule is CCn1ccnc1COCC1CNCCO1. The van der Waals surface area contributed by atoms with Crippen molar-refractivity contribution in [2.24, 2.45) is 0 Å². The van der Waals surface area contributed by atoms with Crippen molar-refractivity contribution in [2.45, 2.75) is 26.2 Å². The molecule has 16 heavy (non-hydrogen) atoms. The zero-order chi connectivity index (χ0) is 11.2. The van der Waals surface area contributed by atoms with E-state index in [0.29, 0.717) is 13.2 Å². The summed E-state index contributed by atoms with van der Waals surface area (Å²) in [7, 11) is 0. The molecule has 90 valence electrons. The Kier molecular flexibility index (Phi) is 4.33. The minimum absolute atomic E-state index is 0.179. The lowest BCUT2D eigenvalue weighted by Gasteiger charge is -2.23. The van der Waals surface area contributed by atoms with Crippen LogP contribution in [0.3, 0.4) is 0 Å². The molecule has 5 heteroatoms. The highest BCUT2D eigenvalue weighted by molar-refractivity contribution is 4.90. The lowest BCUT2D eigenvalue weighted by Crippen LogP contribution is -2.41. The van der Waals surface area contributed by atoms with Crippen molar-refractivity contribution >= 4 is 0 Å². The second-order valence-corrected chi connectivity index (χ2v) is 3.84. The molecule has 2 heterocycles. The maximum atomic E-state index is 5.61. The van der Waals surface area contributed by atoms with Gasteiger partial charge in [-0.15, -0.1) is 0 Å². The van der Waals surface area contributed by atoms with E-state index >= 15 is 0 Å². The Labute approximate surface area is 95.8 Å². The first-order chi connectivity index (χ1) is 7.90. The monoisotopic (exact) mass is 225 g/mol. The summed E-state index contributed by atoms with van der Waals surface area (Å²) in [6.07, 6.45) is 3.96. The summed E-state index contributed by atoms with van der Waals surface area (Å²) in [6, 6.07) is 0. The first-order valence-electron chi connectivity index (χ1n) is 5.80. The Hall–Kier alpha value is -0.910. The maximum absolute atomic E-state index is 5.61. The van der Waals surface area contributed by atoms with Crippen LogP contribution in [0.15, 0.2) is 12.4 Å². The van der Waals surface area contributed by atoms with Gasteiger partial charge < -0.3 is 19.4 Å². The molecule has 1 aliphatic rings. The van der Waals surface area contributed by atoms with E-state index in [1.165, 1.54) is 0 Å². The van der Waals surface area contributed by atoms with Crippen molar-refractivity contribution in [2.75, 3.05) is 26.3 Å². The van der Waals surface area contributed by atoms with Crippen LogP contribution in [-0.4, -0.2) is 42.0 Å². The third kappa shape index (κ3) is 3.04. The van der Waals surface area contributed by atoms with Crippen molar-refractivity contribution < 1.29 is 9.47 Å². The largest absolute Gasteiger partial charge is 0.373 e. The van der Waals surface area contributed by atoms with Gasteiger partial charge in [-0.1, -0.05) is 0 Å². The average molecular weight is 225 g/mol. The number of nitrogens with zero attached hydrogens (tertiary/aromatic N) is 2. The van der Waals surface area contributed by atoms with E-state index in [1.54, 1.807) is 6.20 Å². The van der Waals surface area contributed by atoms with E-state index in [-0.39, 0.29) is 6.10 Å². The fourth-order valence-corrected chi connectivity index (χ4v) is 1.78. The Morgan fingerprint density at radius 2 is 2.62 bits per heavy atom. The predicted molar refractivity (Wildman–Crippen MR) is 60.2 cm³/mol. The highest BCUT2D eigenvalue weighted by atomic mass is 16.5. The predicted octanol–water partition coefficient (Wildman–Crippen LogP) is 0.408. The molecular formula is C11H19N3O2. The van der Waals surface area contributed by atoms with Crippen LogP contribution >= 0.6 is 0 Å². The lowest BCUT2D eigenvalue weighted by atomic mass is 10.3. The number of rotatable bonds is 5. The number of hydrogen-bond donors (Lipinski definition) is 1. The molecule has 5 nitrogen and oxygen atoms in total. The van der Waals surface area contributed by atoms with Gasteiger partial charge in [0.15, 0.2) is 0 Å². The Morgan fingerprint density at radius 1 is 1.69 bits per heavy atom. The van der Waals surface area contributed by atoms with Crippen LogP contribution in [0, 0.1) is 0 Å². The molecule has 0 spiro atoms. The van der Waals surface area contributed by atoms with E-state index < -0.39 is 0 Å². The number of ether oxygens (including phenoxy) is 2. The standard InChI is InChI=1S/C11H19N3O2/c1-2-14-5-3-13-11(14)9-15-8-10-7-12-4-6-16-10/h3,5,10,12H,2,4,6-9H2,1H3. The molecule has 1 aromatic rings. The van der Waals surface area contributed by atoms with Gasteiger partial charge >= 0.3 is 0 Å². The normalized spacial score (nSPS) is 21.2. The van der Waals surface area contributed by atoms with Crippen molar-refractivity contribution in [1.82, 2.24) is 14.9 Å². The summed E-state index contributed by atoms with van der Waals surface area (Å²) >= 11 is 0. The second-order valence-electron chi connectivity index (χ2n) is 3.84. The highest BCUT2D eigenvalue weighted by Gasteiger charge is 2.13. The number of nitrogens with one attached hydrogen (secondary N) is 1. The van der Waals surface area contributed by atoms with Gasteiger partial charge in [-0.3, -0.25) is 0 Å². The van der Waals surface area contributed by atoms with E-state index in [1.807, 2.05) is 6.20 Å². The molecular weight excluding hydrogens is 206 g/mol. The lowest BCUT2D eigenvalue weighted by molar-refractivity contribution is -0.0373. The molecule has 0 bridgehead atoms. The van der Waals surface area contributed by atoms with Crippen molar-refractivity contribution in [3.8, 4) is 0 Å². The minimum atomic E-state index is 0.179. The molecule has 2 rings (SSSR count). The van der Waals surface area contributed by atoms with Gasteiger partial charge in [0.05, 0.1) is 19.3 Å². The molecule has 1 aromatic heterocycles. The van der Waals surface area contributed by atoms with Crippen LogP contribution in [-0.2, 0) is 22.6 Å². The third-order valence-electron chi connectivity index (χ3n) is 2.68. The zero-order valence-corrected chi connectivity index (χ0v) is 9.69. The number of aryl methyl sites for hydroxylation is 1. The molecule has 1 fully saturated rings. The number of aromatic nitrogens is 2. The highest BCUT2D eigenvalue weighted by Crippen LogP contribution is 2.02. The summed E-state index contributed by atoms with van der Waals surface area (Å²) in [5, 5.41) is 3.28. The second kappa shape index (κ2) is 5.98. The molecule has 1 atom stereocenters. The number of imidazole rings is 1. The van der Waals surface area contributed by atoms with Gasteiger partial charge in [-0.05, 0) is 6.92 Å². The molecule has 0 amide bonds. The van der Waals surface area contributed by atoms with Crippen LogP contribution < -0.4 is 5.32 Å². The average Bonchev–Trinajstić information content (AvgIpc) is 2.78. The topological polar surface area (TPSA) is 48.3 Å². The Bertz CT molecular complexity index is 308. The van der Waals surface area contributed by atoms with E-state index in [0.717, 1.165) is 32.1 Å². The molecule has 0 radical (unpaired) electrons. The van der Waals surface area contributed by atoms with Crippen LogP contribution in [0.2, 0.25) is 0 Å². The quantitative estimate of drug-likeness (QED) is 0.788. The van der Waals surface area contributed by atoms with Gasteiger partial charge in [0.25, 0.3) is 0 Å². The molecule has 0 saturated carbocycles. The number of hydrogen-bond acceptors (Lipinski definition) is 4. The molecule has 1 aliphatic heterocycles. The first kappa shape index (κ1) is 11.6. The van der Waals surface area contributed by atoms with Crippen molar-refractivity contribution in [3.05, 3.63) is 18.2 Å². The van der Waals surface area contributed by atoms with E-state index in [9.17, 15) is 0 Å². The third-order valence-corrected chi connectivity index (χ3v) is 2.68. The smallest absolute Gasteiger partial charge is 0.134 e. The maximum Gasteiger partial charge on any atom is 0.134 e. The molecule has 1 N–H and O–H groups in total. The summed E-state index contributed by atoms with van der Waals surface area (Å²) in [5.41, 5.74) is 0. The van der Waals surface area contributed by atoms with E-state index in [4.69, 9.17) is 9.47 Å². The van der Waals surface area contributed by atoms with Gasteiger partial charge in [0, 0.05) is 32.0 Å². The van der Waals surface area contributed by atoms with E-state index in [2.05, 4.69) is 21.8 Å². The van der Waals surface area contributed by atoms with Crippen LogP contribution in [0.25, 0.3) is 0 Å². The first-order valence-corrected chi connectivity index (χ1v) is 5.80. The molecule has 0 aromatic carbocycles. The van der Waals surface area contributed by atoms with Crippen LogP contribution in [0.4, 0.5) is 0 Å². The fraction of sp³-hybridized carbons (Fsp3) is 0.727. The Morgan fingerprint density at radius 3 is 3.38 bits per heavy atom. The summed E-state index contributed by atoms with van der Waals surface area (Å²) in [5.74, 6) is 0.978. The zero-order valence-electron chi connectivity index (χ0n) is 9.69. The van der Waals surface area contributed by atoms with Crippen molar-refractivity contribution in [1.29, 1.82) is 0 Å². The van der Waals surface area contributed by atoms with Crippen LogP contribution in [0.5, 0.6) is 0 Å². The van der Waals surface area contributed by atoms with Gasteiger partial charge in [0.2, 0.25) is 0 Å². The number of morpholine rings is 1. The summed E-state index contributed by atoms with van der Waals surface area (Å²) in [6.45, 7) is 6.81. The molecule has 1 unspecified atom stereocenters. The molecule has 1 saturated heterocycles. The van der Waals surface area contributed by atoms with Gasteiger partial charge in [-0.2, -0.15) is 0 Å². The van der Waals surface area contributed by atoms with Crippen LogP contribution in [0.1, 0.15) is 12.7 Å². The van der Waals surface area contributed by atoms with Gasteiger partial charge in [-0.25, -0.2) is 4.98 Å². The fourth-order valence-electron chi connectivity index (χ4n) is 1.78. The molecule has 0 aliphatic carbocycles. The minimum Gasteiger partial charge on any atom is -0.373 e. The van der Waals surface area contributed by atoms with Crippen molar-refractivity contribution in [3.63, 3.8) is 0 Å². The summed E-state index contributed by atoms with van der Waals surface area (Å²) < 4.78 is 13.2. The Balaban J connectivity index is 1.71.